The van der Waals surface area contributed by atoms with Crippen LogP contribution in [0.3, 0.4) is 0 Å². The van der Waals surface area contributed by atoms with Crippen LogP contribution in [0, 0.1) is 12.3 Å². The molecule has 1 aromatic heterocycles. The largest absolute Gasteiger partial charge is 0.384 e. The average Bonchev–Trinajstić information content (AvgIpc) is 2.38. The maximum Gasteiger partial charge on any atom is 0.123 e. The van der Waals surface area contributed by atoms with Crippen LogP contribution >= 0.6 is 15.9 Å². The Hall–Kier alpha value is -1.88. The number of aromatic nitrogens is 1. The highest BCUT2D eigenvalue weighted by molar-refractivity contribution is 9.10. The van der Waals surface area contributed by atoms with Crippen LogP contribution in [0.25, 0.3) is 0 Å². The lowest BCUT2D eigenvalue weighted by Gasteiger charge is -2.20. The van der Waals surface area contributed by atoms with Crippen LogP contribution in [0.15, 0.2) is 40.9 Å². The Labute approximate surface area is 127 Å². The number of nitrogens with one attached hydrogen (secondary N) is 1. The second kappa shape index (κ2) is 6.05. The number of nitrogen functional groups attached to an aromatic ring is 1. The predicted molar refractivity (Wildman–Crippen MR) is 86.2 cm³/mol. The van der Waals surface area contributed by atoms with E-state index in [0.717, 1.165) is 28.1 Å². The molecule has 0 aliphatic rings. The number of anilines is 1. The lowest BCUT2D eigenvalue weighted by atomic mass is 10.2. The van der Waals surface area contributed by atoms with Crippen molar-refractivity contribution in [3.8, 4) is 0 Å². The molecule has 0 aliphatic carbocycles. The molecule has 0 saturated heterocycles. The molecule has 5 heteroatoms. The van der Waals surface area contributed by atoms with Gasteiger partial charge in [-0.3, -0.25) is 10.4 Å². The molecule has 0 radical (unpaired) electrons. The van der Waals surface area contributed by atoms with Gasteiger partial charge in [-0.1, -0.05) is 6.07 Å². The van der Waals surface area contributed by atoms with Gasteiger partial charge in [-0.2, -0.15) is 0 Å². The van der Waals surface area contributed by atoms with Gasteiger partial charge >= 0.3 is 0 Å². The molecule has 0 fully saturated rings. The Kier molecular flexibility index (Phi) is 4.39. The summed E-state index contributed by atoms with van der Waals surface area (Å²) in [5.41, 5.74) is 9.31. The summed E-state index contributed by atoms with van der Waals surface area (Å²) in [4.78, 5) is 6.61. The fraction of sp³-hybridized carbons (Fsp3) is 0.200. The number of pyridine rings is 1. The fourth-order valence-corrected chi connectivity index (χ4v) is 2.56. The van der Waals surface area contributed by atoms with E-state index in [1.807, 2.05) is 50.4 Å². The second-order valence-electron chi connectivity index (χ2n) is 4.70. The minimum absolute atomic E-state index is 0.0615. The number of rotatable bonds is 4. The maximum atomic E-state index is 7.48. The molecule has 0 bridgehead atoms. The van der Waals surface area contributed by atoms with E-state index in [-0.39, 0.29) is 5.84 Å². The molecule has 2 rings (SSSR count). The van der Waals surface area contributed by atoms with Crippen LogP contribution in [0.2, 0.25) is 0 Å². The Morgan fingerprint density at radius 3 is 2.70 bits per heavy atom. The van der Waals surface area contributed by atoms with Gasteiger partial charge < -0.3 is 10.6 Å². The fourth-order valence-electron chi connectivity index (χ4n) is 1.98. The Bertz CT molecular complexity index is 640. The van der Waals surface area contributed by atoms with E-state index in [4.69, 9.17) is 11.1 Å². The average molecular weight is 333 g/mol. The minimum Gasteiger partial charge on any atom is -0.384 e. The van der Waals surface area contributed by atoms with Crippen LogP contribution in [-0.4, -0.2) is 17.9 Å². The van der Waals surface area contributed by atoms with Crippen molar-refractivity contribution in [3.63, 3.8) is 0 Å². The molecular formula is C15H17BrN4. The van der Waals surface area contributed by atoms with Crippen molar-refractivity contribution in [2.75, 3.05) is 11.9 Å². The summed E-state index contributed by atoms with van der Waals surface area (Å²) < 4.78 is 0.826. The van der Waals surface area contributed by atoms with E-state index < -0.39 is 0 Å². The van der Waals surface area contributed by atoms with E-state index in [9.17, 15) is 0 Å². The van der Waals surface area contributed by atoms with Crippen molar-refractivity contribution in [1.29, 1.82) is 5.41 Å². The molecule has 0 aliphatic heterocycles. The second-order valence-corrected chi connectivity index (χ2v) is 5.56. The molecule has 1 aromatic carbocycles. The SMILES string of the molecule is Cc1cccc(CN(C)c2ccc(C(=N)N)c(Br)c2)n1. The lowest BCUT2D eigenvalue weighted by Crippen LogP contribution is -2.18. The smallest absolute Gasteiger partial charge is 0.123 e. The molecule has 4 nitrogen and oxygen atoms in total. The van der Waals surface area contributed by atoms with E-state index >= 15 is 0 Å². The van der Waals surface area contributed by atoms with Crippen molar-refractivity contribution in [2.45, 2.75) is 13.5 Å². The summed E-state index contributed by atoms with van der Waals surface area (Å²) in [6.45, 7) is 2.72. The monoisotopic (exact) mass is 332 g/mol. The highest BCUT2D eigenvalue weighted by Crippen LogP contribution is 2.24. The number of nitrogens with zero attached hydrogens (tertiary/aromatic N) is 2. The predicted octanol–water partition coefficient (Wildman–Crippen LogP) is 3.07. The molecule has 0 amide bonds. The third-order valence-electron chi connectivity index (χ3n) is 3.03. The summed E-state index contributed by atoms with van der Waals surface area (Å²) in [5, 5.41) is 7.48. The first-order chi connectivity index (χ1) is 9.47. The minimum atomic E-state index is 0.0615. The van der Waals surface area contributed by atoms with Gasteiger partial charge in [-0.25, -0.2) is 0 Å². The highest BCUT2D eigenvalue weighted by Gasteiger charge is 2.08. The zero-order valence-electron chi connectivity index (χ0n) is 11.5. The van der Waals surface area contributed by atoms with Gasteiger partial charge in [-0.15, -0.1) is 0 Å². The number of hydrogen-bond acceptors (Lipinski definition) is 3. The first-order valence-electron chi connectivity index (χ1n) is 6.25. The number of aryl methyl sites for hydroxylation is 1. The molecule has 20 heavy (non-hydrogen) atoms. The zero-order valence-corrected chi connectivity index (χ0v) is 13.1. The van der Waals surface area contributed by atoms with Gasteiger partial charge in [0.2, 0.25) is 0 Å². The lowest BCUT2D eigenvalue weighted by molar-refractivity contribution is 0.876. The molecule has 104 valence electrons. The van der Waals surface area contributed by atoms with Gasteiger partial charge in [0.05, 0.1) is 12.2 Å². The standard InChI is InChI=1S/C15H17BrN4/c1-10-4-3-5-11(19-10)9-20(2)12-6-7-13(15(17)18)14(16)8-12/h3-8H,9H2,1-2H3,(H3,17,18). The van der Waals surface area contributed by atoms with E-state index in [1.165, 1.54) is 0 Å². The molecule has 3 N–H and O–H groups in total. The third-order valence-corrected chi connectivity index (χ3v) is 3.68. The van der Waals surface area contributed by atoms with Crippen molar-refractivity contribution < 1.29 is 0 Å². The molecular weight excluding hydrogens is 316 g/mol. The topological polar surface area (TPSA) is 66.0 Å². The molecule has 0 unspecified atom stereocenters. The van der Waals surface area contributed by atoms with Crippen LogP contribution in [0.5, 0.6) is 0 Å². The number of nitrogens with two attached hydrogens (primary N) is 1. The molecule has 0 spiro atoms. The van der Waals surface area contributed by atoms with E-state index in [1.54, 1.807) is 0 Å². The first kappa shape index (κ1) is 14.5. The number of benzene rings is 1. The van der Waals surface area contributed by atoms with Crippen molar-refractivity contribution in [3.05, 3.63) is 57.8 Å². The van der Waals surface area contributed by atoms with E-state index in [0.29, 0.717) is 5.56 Å². The van der Waals surface area contributed by atoms with Crippen LogP contribution < -0.4 is 10.6 Å². The quantitative estimate of drug-likeness (QED) is 0.667. The normalized spacial score (nSPS) is 10.3. The zero-order chi connectivity index (χ0) is 14.7. The summed E-state index contributed by atoms with van der Waals surface area (Å²) in [6.07, 6.45) is 0. The third kappa shape index (κ3) is 3.36. The Morgan fingerprint density at radius 2 is 2.10 bits per heavy atom. The molecule has 2 aromatic rings. The molecule has 0 saturated carbocycles. The summed E-state index contributed by atoms with van der Waals surface area (Å²) in [6, 6.07) is 11.8. The van der Waals surface area contributed by atoms with Crippen LogP contribution in [0.4, 0.5) is 5.69 Å². The van der Waals surface area contributed by atoms with Crippen LogP contribution in [-0.2, 0) is 6.54 Å². The van der Waals surface area contributed by atoms with Crippen molar-refractivity contribution in [1.82, 2.24) is 4.98 Å². The highest BCUT2D eigenvalue weighted by atomic mass is 79.9. The van der Waals surface area contributed by atoms with Gasteiger partial charge in [0.1, 0.15) is 5.84 Å². The summed E-state index contributed by atoms with van der Waals surface area (Å²) >= 11 is 3.45. The van der Waals surface area contributed by atoms with Crippen molar-refractivity contribution in [2.24, 2.45) is 5.73 Å². The van der Waals surface area contributed by atoms with Gasteiger partial charge in [0.15, 0.2) is 0 Å². The maximum absolute atomic E-state index is 7.48. The number of amidine groups is 1. The number of hydrogen-bond donors (Lipinski definition) is 2. The van der Waals surface area contributed by atoms with Gasteiger partial charge in [0.25, 0.3) is 0 Å². The molecule has 0 atom stereocenters. The van der Waals surface area contributed by atoms with Gasteiger partial charge in [-0.05, 0) is 53.2 Å². The van der Waals surface area contributed by atoms with E-state index in [2.05, 4.69) is 25.8 Å². The number of halogens is 1. The van der Waals surface area contributed by atoms with Crippen molar-refractivity contribution >= 4 is 27.5 Å². The summed E-state index contributed by atoms with van der Waals surface area (Å²) in [5.74, 6) is 0.0615. The molecule has 1 heterocycles. The Morgan fingerprint density at radius 1 is 1.35 bits per heavy atom. The summed E-state index contributed by atoms with van der Waals surface area (Å²) in [7, 11) is 2.01. The van der Waals surface area contributed by atoms with Crippen LogP contribution in [0.1, 0.15) is 17.0 Å². The Balaban J connectivity index is 2.19. The first-order valence-corrected chi connectivity index (χ1v) is 7.04. The van der Waals surface area contributed by atoms with Gasteiger partial charge in [0, 0.05) is 28.5 Å².